The largest absolute Gasteiger partial charge is 0.489 e. The van der Waals surface area contributed by atoms with Gasteiger partial charge in [0, 0.05) is 48.0 Å². The molecule has 15 rings (SSSR count). The van der Waals surface area contributed by atoms with Crippen molar-refractivity contribution in [3.05, 3.63) is 454 Å². The van der Waals surface area contributed by atoms with Crippen molar-refractivity contribution >= 4 is 41.6 Å². The Morgan fingerprint density at radius 1 is 0.157 bits per heavy atom. The summed E-state index contributed by atoms with van der Waals surface area (Å²) in [6, 6.07) is 104. The molecule has 21 nitrogen and oxygen atoms in total. The van der Waals surface area contributed by atoms with Gasteiger partial charge in [0.1, 0.15) is 133 Å². The Kier molecular flexibility index (Phi) is 28.3. The SMILES string of the molecule is CC(=O)c1cc(OC(=O)c2cc(OC(=O)c3cc(OCc4ccccc4)cc(OCc4ccccc4)c3)cc(OC(=O)c3cc(OCc4ccccc4)cc(OCc4ccccc4)c3)c2)cc(OC(=O)c2cc(OC(=O)c3cc(OCc4ccccc4)cc(OCc4ccccc4)c3)cc(OC(=O)c3cc(OCc4ccccc4)cc(OCc4ccccc4)c3)c2)c1. The topological polar surface area (TPSA) is 249 Å². The molecule has 0 aliphatic rings. The molecule has 0 heterocycles. The molecule has 0 saturated carbocycles. The van der Waals surface area contributed by atoms with Crippen LogP contribution in [0.1, 0.15) is 124 Å². The second-order valence-electron chi connectivity index (χ2n) is 28.9. The van der Waals surface area contributed by atoms with Crippen LogP contribution >= 0.6 is 0 Å². The molecule has 0 unspecified atom stereocenters. The van der Waals surface area contributed by atoms with Crippen LogP contribution in [0.4, 0.5) is 0 Å². The van der Waals surface area contributed by atoms with E-state index < -0.39 is 41.6 Å². The summed E-state index contributed by atoms with van der Waals surface area (Å²) in [4.78, 5) is 103. The number of rotatable bonds is 37. The van der Waals surface area contributed by atoms with Crippen molar-refractivity contribution in [3.8, 4) is 80.5 Å². The predicted octanol–water partition coefficient (Wildman–Crippen LogP) is 21.8. The molecule has 630 valence electrons. The number of carbonyl (C=O) groups excluding carboxylic acids is 7. The Morgan fingerprint density at radius 2 is 0.276 bits per heavy atom. The minimum atomic E-state index is -1.17. The summed E-state index contributed by atoms with van der Waals surface area (Å²) in [6.07, 6.45) is 0. The first-order valence-electron chi connectivity index (χ1n) is 40.3. The van der Waals surface area contributed by atoms with Crippen LogP contribution in [-0.4, -0.2) is 41.6 Å². The standard InChI is InChI=1S/C106H80O21/c1-71(107)80-42-95(122-105(112)85-52-97(124-101(108)81-44-87(114-63-72-26-10-2-11-27-72)56-88(45-81)115-64-73-28-12-3-13-29-73)61-98(53-85)125-102(109)82-46-89(116-65-74-30-14-4-15-31-74)57-90(47-82)117-66-75-32-16-5-17-33-75)60-96(43-80)123-106(113)86-54-99(126-103(110)83-48-91(118-67-76-34-18-6-19-35-76)58-92(49-83)119-68-77-36-20-7-21-37-77)62-100(55-86)127-104(111)84-50-93(120-69-78-38-22-8-23-39-78)59-94(51-84)121-70-79-40-24-9-25-41-79/h2-62H,63-70H2,1H3. The minimum Gasteiger partial charge on any atom is -0.489 e. The van der Waals surface area contributed by atoms with Crippen molar-refractivity contribution in [3.63, 3.8) is 0 Å². The van der Waals surface area contributed by atoms with Gasteiger partial charge >= 0.3 is 35.8 Å². The molecule has 0 fully saturated rings. The third-order valence-electron chi connectivity index (χ3n) is 19.2. The average Bonchev–Trinajstić information content (AvgIpc) is 0.817. The lowest BCUT2D eigenvalue weighted by atomic mass is 10.1. The molecule has 0 atom stereocenters. The highest BCUT2D eigenvalue weighted by Crippen LogP contribution is 2.36. The summed E-state index contributed by atoms with van der Waals surface area (Å²) in [7, 11) is 0. The fraction of sp³-hybridized carbons (Fsp3) is 0.0849. The molecule has 15 aromatic carbocycles. The maximum atomic E-state index is 15.0. The van der Waals surface area contributed by atoms with Crippen LogP contribution in [0.2, 0.25) is 0 Å². The molecule has 21 heteroatoms. The van der Waals surface area contributed by atoms with E-state index in [1.54, 1.807) is 24.3 Å². The third kappa shape index (κ3) is 25.2. The van der Waals surface area contributed by atoms with Gasteiger partial charge in [-0.1, -0.05) is 243 Å². The first-order chi connectivity index (χ1) is 62.1. The van der Waals surface area contributed by atoms with Gasteiger partial charge in [0.15, 0.2) is 5.78 Å². The zero-order valence-electron chi connectivity index (χ0n) is 68.4. The smallest absolute Gasteiger partial charge is 0.343 e. The van der Waals surface area contributed by atoms with Crippen molar-refractivity contribution < 1.29 is 99.9 Å². The van der Waals surface area contributed by atoms with E-state index in [1.165, 1.54) is 79.7 Å². The zero-order chi connectivity index (χ0) is 87.5. The normalized spacial score (nSPS) is 10.7. The maximum absolute atomic E-state index is 15.0. The fourth-order valence-corrected chi connectivity index (χ4v) is 12.9. The van der Waals surface area contributed by atoms with Gasteiger partial charge in [0.05, 0.1) is 33.4 Å². The zero-order valence-corrected chi connectivity index (χ0v) is 68.4. The van der Waals surface area contributed by atoms with E-state index in [2.05, 4.69) is 0 Å². The molecule has 0 N–H and O–H groups in total. The quantitative estimate of drug-likeness (QED) is 0.0199. The van der Waals surface area contributed by atoms with Gasteiger partial charge < -0.3 is 66.3 Å². The molecule has 0 spiro atoms. The van der Waals surface area contributed by atoms with Crippen LogP contribution in [0.15, 0.2) is 370 Å². The van der Waals surface area contributed by atoms with Gasteiger partial charge in [-0.25, -0.2) is 28.8 Å². The fourth-order valence-electron chi connectivity index (χ4n) is 12.9. The number of ether oxygens (including phenoxy) is 14. The Balaban J connectivity index is 0.746. The predicted molar refractivity (Wildman–Crippen MR) is 471 cm³/mol. The summed E-state index contributed by atoms with van der Waals surface area (Å²) < 4.78 is 86.2. The van der Waals surface area contributed by atoms with Crippen LogP contribution in [0.3, 0.4) is 0 Å². The van der Waals surface area contributed by atoms with Crippen LogP contribution in [-0.2, 0) is 52.9 Å². The number of ketones is 1. The number of hydrogen-bond acceptors (Lipinski definition) is 21. The lowest BCUT2D eigenvalue weighted by Gasteiger charge is -2.15. The van der Waals surface area contributed by atoms with Crippen LogP contribution < -0.4 is 66.3 Å². The van der Waals surface area contributed by atoms with E-state index in [0.29, 0.717) is 0 Å². The van der Waals surface area contributed by atoms with Crippen molar-refractivity contribution in [2.24, 2.45) is 0 Å². The summed E-state index contributed by atoms with van der Waals surface area (Å²) in [5.41, 5.74) is 5.74. The molecule has 0 aliphatic heterocycles. The first kappa shape index (κ1) is 85.2. The van der Waals surface area contributed by atoms with Gasteiger partial charge in [0.2, 0.25) is 0 Å². The summed E-state index contributed by atoms with van der Waals surface area (Å²) >= 11 is 0. The van der Waals surface area contributed by atoms with Crippen LogP contribution in [0.25, 0.3) is 0 Å². The van der Waals surface area contributed by atoms with Crippen molar-refractivity contribution in [1.82, 2.24) is 0 Å². The monoisotopic (exact) mass is 1690 g/mol. The van der Waals surface area contributed by atoms with E-state index in [4.69, 9.17) is 66.3 Å². The van der Waals surface area contributed by atoms with E-state index in [0.717, 1.165) is 74.8 Å². The summed E-state index contributed by atoms with van der Waals surface area (Å²) in [6.45, 7) is 2.24. The van der Waals surface area contributed by atoms with E-state index in [9.17, 15) is 24.0 Å². The summed E-state index contributed by atoms with van der Waals surface area (Å²) in [5, 5.41) is 0. The molecule has 0 amide bonds. The Hall–Kier alpha value is -16.8. The maximum Gasteiger partial charge on any atom is 0.343 e. The number of carbonyl (C=O) groups is 7. The Labute approximate surface area is 731 Å². The van der Waals surface area contributed by atoms with Crippen molar-refractivity contribution in [1.29, 1.82) is 0 Å². The molecule has 0 aromatic heterocycles. The Morgan fingerprint density at radius 3 is 0.409 bits per heavy atom. The van der Waals surface area contributed by atoms with Crippen LogP contribution in [0, 0.1) is 0 Å². The first-order valence-corrected chi connectivity index (χ1v) is 40.3. The lowest BCUT2D eigenvalue weighted by Crippen LogP contribution is -2.15. The Bertz CT molecular complexity index is 5400. The van der Waals surface area contributed by atoms with Gasteiger partial charge in [-0.3, -0.25) is 4.79 Å². The molecule has 15 aromatic rings. The third-order valence-corrected chi connectivity index (χ3v) is 19.2. The summed E-state index contributed by atoms with van der Waals surface area (Å²) in [5.74, 6) is -6.72. The minimum absolute atomic E-state index is 0.0413. The van der Waals surface area contributed by atoms with Gasteiger partial charge in [-0.05, 0) is 136 Å². The second kappa shape index (κ2) is 42.1. The molecular formula is C106H80O21. The lowest BCUT2D eigenvalue weighted by molar-refractivity contribution is 0.0698. The van der Waals surface area contributed by atoms with Crippen molar-refractivity contribution in [2.45, 2.75) is 59.8 Å². The van der Waals surface area contributed by atoms with E-state index in [1.807, 2.05) is 243 Å². The van der Waals surface area contributed by atoms with Crippen molar-refractivity contribution in [2.75, 3.05) is 0 Å². The van der Waals surface area contributed by atoms with Gasteiger partial charge in [-0.2, -0.15) is 0 Å². The molecule has 0 saturated heterocycles. The number of benzene rings is 15. The molecule has 127 heavy (non-hydrogen) atoms. The van der Waals surface area contributed by atoms with Gasteiger partial charge in [0.25, 0.3) is 0 Å². The average molecular weight is 1690 g/mol. The second-order valence-corrected chi connectivity index (χ2v) is 28.9. The van der Waals surface area contributed by atoms with Crippen LogP contribution in [0.5, 0.6) is 80.5 Å². The van der Waals surface area contributed by atoms with Gasteiger partial charge in [-0.15, -0.1) is 0 Å². The molecular weight excluding hydrogens is 1610 g/mol. The van der Waals surface area contributed by atoms with E-state index >= 15 is 9.59 Å². The van der Waals surface area contributed by atoms with E-state index in [-0.39, 0.29) is 172 Å². The number of hydrogen-bond donors (Lipinski definition) is 0. The number of Topliss-reactive ketones (excluding diaryl/α,β-unsaturated/α-hetero) is 1. The number of esters is 6. The highest BCUT2D eigenvalue weighted by Gasteiger charge is 2.26. The molecule has 0 aliphatic carbocycles. The highest BCUT2D eigenvalue weighted by atomic mass is 16.6. The molecule has 0 radical (unpaired) electrons. The molecule has 0 bridgehead atoms. The highest BCUT2D eigenvalue weighted by molar-refractivity contribution is 5.99.